The van der Waals surface area contributed by atoms with E-state index < -0.39 is 0 Å². The summed E-state index contributed by atoms with van der Waals surface area (Å²) in [5, 5.41) is 0. The van der Waals surface area contributed by atoms with Crippen LogP contribution in [0, 0.1) is 23.7 Å². The minimum Gasteiger partial charge on any atom is -0.369 e. The van der Waals surface area contributed by atoms with E-state index in [0.29, 0.717) is 11.8 Å². The lowest BCUT2D eigenvalue weighted by Crippen LogP contribution is -2.32. The zero-order valence-corrected chi connectivity index (χ0v) is 6.92. The maximum Gasteiger partial charge on any atom is 0.221 e. The standard InChI is InChI=1S/C9H15NO/c1-5-6-2-3-7(4-6)8(5)9(10)11/h5-8H,2-4H2,1H3,(H2,10,11)/t5-,6+,7+,8-/m1/s1. The highest BCUT2D eigenvalue weighted by atomic mass is 16.1. The number of rotatable bonds is 1. The monoisotopic (exact) mass is 153 g/mol. The molecular weight excluding hydrogens is 138 g/mol. The van der Waals surface area contributed by atoms with Crippen LogP contribution in [0.2, 0.25) is 0 Å². The lowest BCUT2D eigenvalue weighted by Gasteiger charge is -2.24. The molecule has 2 fully saturated rings. The van der Waals surface area contributed by atoms with Crippen LogP contribution in [0.1, 0.15) is 26.2 Å². The van der Waals surface area contributed by atoms with Gasteiger partial charge in [0.05, 0.1) is 0 Å². The SMILES string of the molecule is C[C@@H]1[C@H]2CC[C@@H](C2)[C@@H]1C(N)=O. The molecule has 2 N–H and O–H groups in total. The van der Waals surface area contributed by atoms with Crippen LogP contribution in [-0.2, 0) is 4.79 Å². The van der Waals surface area contributed by atoms with Crippen molar-refractivity contribution < 1.29 is 4.79 Å². The lowest BCUT2D eigenvalue weighted by molar-refractivity contribution is -0.124. The van der Waals surface area contributed by atoms with Gasteiger partial charge in [-0.25, -0.2) is 0 Å². The Morgan fingerprint density at radius 2 is 2.00 bits per heavy atom. The van der Waals surface area contributed by atoms with Gasteiger partial charge >= 0.3 is 0 Å². The average molecular weight is 153 g/mol. The molecular formula is C9H15NO. The zero-order valence-electron chi connectivity index (χ0n) is 6.92. The van der Waals surface area contributed by atoms with E-state index in [4.69, 9.17) is 5.73 Å². The van der Waals surface area contributed by atoms with E-state index in [0.717, 1.165) is 5.92 Å². The molecule has 0 saturated heterocycles. The summed E-state index contributed by atoms with van der Waals surface area (Å²) in [4.78, 5) is 11.0. The fourth-order valence-corrected chi connectivity index (χ4v) is 3.07. The van der Waals surface area contributed by atoms with Gasteiger partial charge < -0.3 is 5.73 Å². The Morgan fingerprint density at radius 1 is 1.36 bits per heavy atom. The normalized spacial score (nSPS) is 48.1. The molecule has 2 bridgehead atoms. The highest BCUT2D eigenvalue weighted by molar-refractivity contribution is 5.77. The van der Waals surface area contributed by atoms with Gasteiger partial charge in [0, 0.05) is 5.92 Å². The summed E-state index contributed by atoms with van der Waals surface area (Å²) in [5.41, 5.74) is 5.34. The third-order valence-corrected chi connectivity index (χ3v) is 3.66. The summed E-state index contributed by atoms with van der Waals surface area (Å²) >= 11 is 0. The second kappa shape index (κ2) is 2.23. The van der Waals surface area contributed by atoms with Gasteiger partial charge in [0.2, 0.25) is 5.91 Å². The molecule has 2 heteroatoms. The molecule has 1 amide bonds. The van der Waals surface area contributed by atoms with Gasteiger partial charge in [-0.1, -0.05) is 6.92 Å². The predicted octanol–water partition coefficient (Wildman–Crippen LogP) is 1.15. The van der Waals surface area contributed by atoms with Gasteiger partial charge in [-0.3, -0.25) is 4.79 Å². The number of nitrogens with two attached hydrogens (primary N) is 1. The minimum atomic E-state index is -0.0651. The van der Waals surface area contributed by atoms with Crippen LogP contribution in [-0.4, -0.2) is 5.91 Å². The summed E-state index contributed by atoms with van der Waals surface area (Å²) in [6.07, 6.45) is 3.83. The Bertz CT molecular complexity index is 188. The van der Waals surface area contributed by atoms with E-state index in [1.54, 1.807) is 0 Å². The first-order valence-electron chi connectivity index (χ1n) is 4.49. The summed E-state index contributed by atoms with van der Waals surface area (Å²) in [5.74, 6) is 2.13. The summed E-state index contributed by atoms with van der Waals surface area (Å²) in [6.45, 7) is 2.18. The number of hydrogen-bond acceptors (Lipinski definition) is 1. The minimum absolute atomic E-state index is 0.0651. The van der Waals surface area contributed by atoms with Crippen molar-refractivity contribution >= 4 is 5.91 Å². The van der Waals surface area contributed by atoms with E-state index in [-0.39, 0.29) is 11.8 Å². The first-order chi connectivity index (χ1) is 5.20. The van der Waals surface area contributed by atoms with Crippen LogP contribution in [0.25, 0.3) is 0 Å². The molecule has 4 atom stereocenters. The highest BCUT2D eigenvalue weighted by Gasteiger charge is 2.47. The molecule has 2 rings (SSSR count). The Balaban J connectivity index is 2.17. The number of hydrogen-bond donors (Lipinski definition) is 1. The molecule has 0 heterocycles. The molecule has 2 saturated carbocycles. The van der Waals surface area contributed by atoms with Crippen LogP contribution >= 0.6 is 0 Å². The first-order valence-corrected chi connectivity index (χ1v) is 4.49. The Morgan fingerprint density at radius 3 is 2.36 bits per heavy atom. The fraction of sp³-hybridized carbons (Fsp3) is 0.889. The number of carbonyl (C=O) groups excluding carboxylic acids is 1. The van der Waals surface area contributed by atoms with Crippen molar-refractivity contribution in [3.8, 4) is 0 Å². The van der Waals surface area contributed by atoms with Crippen molar-refractivity contribution in [2.24, 2.45) is 29.4 Å². The average Bonchev–Trinajstić information content (AvgIpc) is 2.44. The number of fused-ring (bicyclic) bond motifs is 2. The van der Waals surface area contributed by atoms with Gasteiger partial charge in [0.25, 0.3) is 0 Å². The van der Waals surface area contributed by atoms with Crippen LogP contribution in [0.5, 0.6) is 0 Å². The maximum absolute atomic E-state index is 11.0. The van der Waals surface area contributed by atoms with Gasteiger partial charge in [-0.15, -0.1) is 0 Å². The third-order valence-electron chi connectivity index (χ3n) is 3.66. The van der Waals surface area contributed by atoms with E-state index in [2.05, 4.69) is 6.92 Å². The van der Waals surface area contributed by atoms with E-state index in [1.165, 1.54) is 19.3 Å². The molecule has 2 aliphatic carbocycles. The molecule has 2 nitrogen and oxygen atoms in total. The second-order valence-corrected chi connectivity index (χ2v) is 4.12. The zero-order chi connectivity index (χ0) is 8.01. The summed E-state index contributed by atoms with van der Waals surface area (Å²) in [7, 11) is 0. The van der Waals surface area contributed by atoms with Gasteiger partial charge in [0.15, 0.2) is 0 Å². The Hall–Kier alpha value is -0.530. The van der Waals surface area contributed by atoms with Crippen molar-refractivity contribution in [2.75, 3.05) is 0 Å². The van der Waals surface area contributed by atoms with E-state index >= 15 is 0 Å². The fourth-order valence-electron chi connectivity index (χ4n) is 3.07. The third kappa shape index (κ3) is 0.883. The Labute approximate surface area is 67.1 Å². The molecule has 0 unspecified atom stereocenters. The first kappa shape index (κ1) is 7.14. The van der Waals surface area contributed by atoms with E-state index in [1.807, 2.05) is 0 Å². The van der Waals surface area contributed by atoms with Crippen molar-refractivity contribution in [3.05, 3.63) is 0 Å². The number of amides is 1. The molecule has 0 aromatic rings. The maximum atomic E-state index is 11.0. The quantitative estimate of drug-likeness (QED) is 0.603. The van der Waals surface area contributed by atoms with Crippen molar-refractivity contribution in [1.82, 2.24) is 0 Å². The van der Waals surface area contributed by atoms with Gasteiger partial charge in [-0.2, -0.15) is 0 Å². The molecule has 2 aliphatic rings. The largest absolute Gasteiger partial charge is 0.369 e. The van der Waals surface area contributed by atoms with Crippen LogP contribution in [0.15, 0.2) is 0 Å². The molecule has 0 radical (unpaired) electrons. The van der Waals surface area contributed by atoms with Crippen molar-refractivity contribution in [1.29, 1.82) is 0 Å². The molecule has 11 heavy (non-hydrogen) atoms. The second-order valence-electron chi connectivity index (χ2n) is 4.12. The lowest BCUT2D eigenvalue weighted by atomic mass is 9.80. The predicted molar refractivity (Wildman–Crippen MR) is 42.7 cm³/mol. The van der Waals surface area contributed by atoms with Crippen molar-refractivity contribution in [2.45, 2.75) is 26.2 Å². The van der Waals surface area contributed by atoms with E-state index in [9.17, 15) is 4.79 Å². The van der Waals surface area contributed by atoms with Crippen molar-refractivity contribution in [3.63, 3.8) is 0 Å². The topological polar surface area (TPSA) is 43.1 Å². The molecule has 0 aliphatic heterocycles. The highest BCUT2D eigenvalue weighted by Crippen LogP contribution is 2.51. The number of carbonyl (C=O) groups is 1. The number of primary amides is 1. The molecule has 0 spiro atoms. The Kier molecular flexibility index (Phi) is 1.44. The summed E-state index contributed by atoms with van der Waals surface area (Å²) in [6, 6.07) is 0. The smallest absolute Gasteiger partial charge is 0.221 e. The van der Waals surface area contributed by atoms with Gasteiger partial charge in [-0.05, 0) is 37.0 Å². The van der Waals surface area contributed by atoms with Crippen LogP contribution in [0.4, 0.5) is 0 Å². The molecule has 0 aromatic carbocycles. The molecule has 62 valence electrons. The van der Waals surface area contributed by atoms with Crippen LogP contribution < -0.4 is 5.73 Å². The van der Waals surface area contributed by atoms with Gasteiger partial charge in [0.1, 0.15) is 0 Å². The van der Waals surface area contributed by atoms with Crippen LogP contribution in [0.3, 0.4) is 0 Å². The molecule has 0 aromatic heterocycles. The summed E-state index contributed by atoms with van der Waals surface area (Å²) < 4.78 is 0.